The molecule has 2 heteroatoms. The van der Waals surface area contributed by atoms with Crippen LogP contribution >= 0.6 is 12.4 Å². The molecule has 0 aliphatic heterocycles. The molecule has 0 amide bonds. The summed E-state index contributed by atoms with van der Waals surface area (Å²) < 4.78 is 0. The second-order valence-corrected chi connectivity index (χ2v) is 2.18. The lowest BCUT2D eigenvalue weighted by Gasteiger charge is -1.94. The van der Waals surface area contributed by atoms with Crippen molar-refractivity contribution in [1.29, 1.82) is 0 Å². The van der Waals surface area contributed by atoms with E-state index in [1.165, 1.54) is 5.56 Å². The molecule has 1 nitrogen and oxygen atoms in total. The molecule has 0 N–H and O–H groups in total. The van der Waals surface area contributed by atoms with Crippen LogP contribution in [0.5, 0.6) is 0 Å². The number of halogens is 1. The molecule has 0 bridgehead atoms. The average Bonchev–Trinajstić information content (AvgIpc) is 2.03. The Balaban J connectivity index is 0.000001000. The summed E-state index contributed by atoms with van der Waals surface area (Å²) in [6.45, 7) is 3.66. The highest BCUT2D eigenvalue weighted by molar-refractivity contribution is 5.85. The van der Waals surface area contributed by atoms with Gasteiger partial charge in [-0.15, -0.1) is 19.0 Å². The van der Waals surface area contributed by atoms with Crippen LogP contribution in [0.3, 0.4) is 0 Å². The minimum atomic E-state index is 0. The summed E-state index contributed by atoms with van der Waals surface area (Å²) in [6, 6.07) is 4.06. The topological polar surface area (TPSA) is 12.9 Å². The van der Waals surface area contributed by atoms with E-state index in [9.17, 15) is 0 Å². The van der Waals surface area contributed by atoms with Crippen LogP contribution in [-0.2, 0) is 6.42 Å². The van der Waals surface area contributed by atoms with E-state index in [4.69, 9.17) is 0 Å². The largest absolute Gasteiger partial charge is 0.265 e. The monoisotopic (exact) mass is 169 g/mol. The molecule has 1 aromatic rings. The maximum absolute atomic E-state index is 3.93. The highest BCUT2D eigenvalue weighted by Gasteiger charge is 1.86. The molecule has 1 aromatic heterocycles. The summed E-state index contributed by atoms with van der Waals surface area (Å²) in [4.78, 5) is 3.93. The van der Waals surface area contributed by atoms with Gasteiger partial charge in [-0.2, -0.15) is 0 Å². The smallest absolute Gasteiger partial charge is 0.0270 e. The zero-order valence-electron chi connectivity index (χ0n) is 6.36. The van der Waals surface area contributed by atoms with Crippen molar-refractivity contribution in [3.63, 3.8) is 0 Å². The number of allylic oxidation sites excluding steroid dienone is 1. The second kappa shape index (κ2) is 5.93. The van der Waals surface area contributed by atoms with Gasteiger partial charge < -0.3 is 0 Å². The number of nitrogens with zero attached hydrogens (tertiary/aromatic N) is 1. The Hall–Kier alpha value is -0.820. The SMILES string of the molecule is C=CCCc1ccncc1.Cl. The van der Waals surface area contributed by atoms with Crippen LogP contribution in [0, 0.1) is 0 Å². The van der Waals surface area contributed by atoms with Gasteiger partial charge in [-0.1, -0.05) is 6.08 Å². The molecule has 0 radical (unpaired) electrons. The minimum Gasteiger partial charge on any atom is -0.265 e. The van der Waals surface area contributed by atoms with Crippen molar-refractivity contribution < 1.29 is 0 Å². The third-order valence-corrected chi connectivity index (χ3v) is 1.39. The quantitative estimate of drug-likeness (QED) is 0.634. The van der Waals surface area contributed by atoms with Crippen molar-refractivity contribution in [2.45, 2.75) is 12.8 Å². The van der Waals surface area contributed by atoms with Crippen molar-refractivity contribution >= 4 is 12.4 Å². The molecule has 60 valence electrons. The molecule has 1 heterocycles. The van der Waals surface area contributed by atoms with Crippen LogP contribution in [0.15, 0.2) is 37.2 Å². The maximum atomic E-state index is 3.93. The maximum Gasteiger partial charge on any atom is 0.0270 e. The van der Waals surface area contributed by atoms with Gasteiger partial charge in [-0.05, 0) is 30.5 Å². The van der Waals surface area contributed by atoms with E-state index in [0.29, 0.717) is 0 Å². The molecule has 0 fully saturated rings. The fourth-order valence-electron chi connectivity index (χ4n) is 0.818. The zero-order chi connectivity index (χ0) is 7.23. The molecule has 0 atom stereocenters. The molecular weight excluding hydrogens is 158 g/mol. The third-order valence-electron chi connectivity index (χ3n) is 1.39. The Morgan fingerprint density at radius 3 is 2.55 bits per heavy atom. The summed E-state index contributed by atoms with van der Waals surface area (Å²) in [5, 5.41) is 0. The number of pyridine rings is 1. The van der Waals surface area contributed by atoms with Gasteiger partial charge in [-0.25, -0.2) is 0 Å². The van der Waals surface area contributed by atoms with Crippen molar-refractivity contribution in [3.8, 4) is 0 Å². The van der Waals surface area contributed by atoms with Gasteiger partial charge >= 0.3 is 0 Å². The van der Waals surface area contributed by atoms with Crippen LogP contribution in [0.2, 0.25) is 0 Å². The summed E-state index contributed by atoms with van der Waals surface area (Å²) in [5.41, 5.74) is 1.33. The number of rotatable bonds is 3. The minimum absolute atomic E-state index is 0. The second-order valence-electron chi connectivity index (χ2n) is 2.18. The van der Waals surface area contributed by atoms with Crippen LogP contribution < -0.4 is 0 Å². The predicted octanol–water partition coefficient (Wildman–Crippen LogP) is 2.62. The van der Waals surface area contributed by atoms with E-state index in [0.717, 1.165) is 12.8 Å². The third kappa shape index (κ3) is 3.79. The Bertz CT molecular complexity index is 196. The van der Waals surface area contributed by atoms with Crippen molar-refractivity contribution in [2.24, 2.45) is 0 Å². The van der Waals surface area contributed by atoms with Crippen LogP contribution in [0.4, 0.5) is 0 Å². The Morgan fingerprint density at radius 1 is 1.36 bits per heavy atom. The van der Waals surface area contributed by atoms with Crippen LogP contribution in [0.1, 0.15) is 12.0 Å². The molecule has 0 saturated carbocycles. The van der Waals surface area contributed by atoms with E-state index < -0.39 is 0 Å². The molecule has 0 aliphatic carbocycles. The molecule has 0 aromatic carbocycles. The Morgan fingerprint density at radius 2 is 2.00 bits per heavy atom. The first-order valence-electron chi connectivity index (χ1n) is 3.43. The predicted molar refractivity (Wildman–Crippen MR) is 50.0 cm³/mol. The van der Waals surface area contributed by atoms with Gasteiger partial charge in [0, 0.05) is 12.4 Å². The summed E-state index contributed by atoms with van der Waals surface area (Å²) >= 11 is 0. The number of hydrogen-bond acceptors (Lipinski definition) is 1. The van der Waals surface area contributed by atoms with Gasteiger partial charge in [0.05, 0.1) is 0 Å². The van der Waals surface area contributed by atoms with E-state index in [-0.39, 0.29) is 12.4 Å². The Kier molecular flexibility index (Phi) is 5.49. The number of aromatic nitrogens is 1. The van der Waals surface area contributed by atoms with E-state index in [2.05, 4.69) is 11.6 Å². The first kappa shape index (κ1) is 10.2. The fourth-order valence-corrected chi connectivity index (χ4v) is 0.818. The van der Waals surface area contributed by atoms with Crippen LogP contribution in [0.25, 0.3) is 0 Å². The van der Waals surface area contributed by atoms with E-state index in [1.807, 2.05) is 30.6 Å². The molecule has 0 aliphatic rings. The van der Waals surface area contributed by atoms with Crippen molar-refractivity contribution in [1.82, 2.24) is 4.98 Å². The molecule has 0 saturated heterocycles. The van der Waals surface area contributed by atoms with Crippen molar-refractivity contribution in [3.05, 3.63) is 42.7 Å². The molecule has 0 spiro atoms. The molecule has 0 unspecified atom stereocenters. The van der Waals surface area contributed by atoms with Gasteiger partial charge in [0.1, 0.15) is 0 Å². The van der Waals surface area contributed by atoms with Crippen molar-refractivity contribution in [2.75, 3.05) is 0 Å². The van der Waals surface area contributed by atoms with Gasteiger partial charge in [0.15, 0.2) is 0 Å². The number of hydrogen-bond donors (Lipinski definition) is 0. The summed E-state index contributed by atoms with van der Waals surface area (Å²) in [5.74, 6) is 0. The highest BCUT2D eigenvalue weighted by atomic mass is 35.5. The number of aryl methyl sites for hydroxylation is 1. The summed E-state index contributed by atoms with van der Waals surface area (Å²) in [6.07, 6.45) is 7.69. The van der Waals surface area contributed by atoms with Crippen LogP contribution in [-0.4, -0.2) is 4.98 Å². The molecule has 1 rings (SSSR count). The van der Waals surface area contributed by atoms with Gasteiger partial charge in [-0.3, -0.25) is 4.98 Å². The zero-order valence-corrected chi connectivity index (χ0v) is 7.18. The Labute approximate surface area is 73.6 Å². The lowest BCUT2D eigenvalue weighted by Crippen LogP contribution is -1.81. The molecular formula is C9H12ClN. The normalized spacial score (nSPS) is 8.36. The lowest BCUT2D eigenvalue weighted by molar-refractivity contribution is 0.997. The first-order chi connectivity index (χ1) is 4.93. The first-order valence-corrected chi connectivity index (χ1v) is 3.43. The molecule has 11 heavy (non-hydrogen) atoms. The highest BCUT2D eigenvalue weighted by Crippen LogP contribution is 1.99. The lowest BCUT2D eigenvalue weighted by atomic mass is 10.1. The summed E-state index contributed by atoms with van der Waals surface area (Å²) in [7, 11) is 0. The van der Waals surface area contributed by atoms with E-state index >= 15 is 0 Å². The van der Waals surface area contributed by atoms with E-state index in [1.54, 1.807) is 0 Å². The standard InChI is InChI=1S/C9H11N.ClH/c1-2-3-4-9-5-7-10-8-6-9;/h2,5-8H,1,3-4H2;1H. The average molecular weight is 170 g/mol. The van der Waals surface area contributed by atoms with Gasteiger partial charge in [0.2, 0.25) is 0 Å². The fraction of sp³-hybridized carbons (Fsp3) is 0.222. The van der Waals surface area contributed by atoms with Gasteiger partial charge in [0.25, 0.3) is 0 Å².